The van der Waals surface area contributed by atoms with Crippen LogP contribution in [0.4, 0.5) is 26.3 Å². The monoisotopic (exact) mass is 525 g/mol. The first-order valence-corrected chi connectivity index (χ1v) is 11.8. The normalized spacial score (nSPS) is 13.1. The molecule has 0 saturated heterocycles. The second-order valence-corrected chi connectivity index (χ2v) is 9.54. The number of alkyl halides is 6. The summed E-state index contributed by atoms with van der Waals surface area (Å²) in [6.45, 7) is 0. The van der Waals surface area contributed by atoms with Crippen molar-refractivity contribution in [2.75, 3.05) is 7.05 Å². The van der Waals surface area contributed by atoms with Gasteiger partial charge in [0.1, 0.15) is 5.82 Å². The molecule has 5 nitrogen and oxygen atoms in total. The van der Waals surface area contributed by atoms with Crippen LogP contribution >= 0.6 is 0 Å². The Morgan fingerprint density at radius 1 is 0.889 bits per heavy atom. The highest BCUT2D eigenvalue weighted by atomic mass is 32.2. The molecule has 0 bridgehead atoms. The van der Waals surface area contributed by atoms with Crippen molar-refractivity contribution in [1.82, 2.24) is 14.7 Å². The summed E-state index contributed by atoms with van der Waals surface area (Å²) in [6.07, 6.45) is -7.61. The molecule has 1 heterocycles. The Labute approximate surface area is 201 Å². The summed E-state index contributed by atoms with van der Waals surface area (Å²) < 4.78 is 106. The van der Waals surface area contributed by atoms with E-state index in [1.165, 1.54) is 13.1 Å². The average Bonchev–Trinajstić information content (AvgIpc) is 3.23. The Bertz CT molecular complexity index is 1570. The molecule has 188 valence electrons. The molecule has 4 aromatic rings. The van der Waals surface area contributed by atoms with Crippen molar-refractivity contribution in [2.24, 2.45) is 0 Å². The van der Waals surface area contributed by atoms with Crippen molar-refractivity contribution in [3.8, 4) is 11.1 Å². The first-order chi connectivity index (χ1) is 16.8. The van der Waals surface area contributed by atoms with Crippen LogP contribution < -0.4 is 4.72 Å². The average molecular weight is 525 g/mol. The number of H-pyrrole nitrogens is 1. The van der Waals surface area contributed by atoms with E-state index < -0.39 is 39.1 Å². The zero-order valence-electron chi connectivity index (χ0n) is 18.4. The lowest BCUT2D eigenvalue weighted by Crippen LogP contribution is -2.19. The van der Waals surface area contributed by atoms with Crippen LogP contribution in [0.3, 0.4) is 0 Å². The number of nitrogens with zero attached hydrogens (tertiary/aromatic N) is 1. The lowest BCUT2D eigenvalue weighted by molar-refractivity contribution is -0.141. The highest BCUT2D eigenvalue weighted by molar-refractivity contribution is 7.89. The van der Waals surface area contributed by atoms with Crippen LogP contribution in [0, 0.1) is 0 Å². The third-order valence-electron chi connectivity index (χ3n) is 5.36. The topological polar surface area (TPSA) is 74.8 Å². The van der Waals surface area contributed by atoms with Gasteiger partial charge >= 0.3 is 12.4 Å². The van der Waals surface area contributed by atoms with E-state index in [-0.39, 0.29) is 10.7 Å². The third-order valence-corrected chi connectivity index (χ3v) is 6.83. The number of nitrogens with one attached hydrogen (secondary N) is 2. The Morgan fingerprint density at radius 3 is 2.28 bits per heavy atom. The van der Waals surface area contributed by atoms with Gasteiger partial charge in [0.05, 0.1) is 27.1 Å². The quantitative estimate of drug-likeness (QED) is 0.299. The largest absolute Gasteiger partial charge is 0.416 e. The zero-order valence-corrected chi connectivity index (χ0v) is 19.2. The van der Waals surface area contributed by atoms with Gasteiger partial charge in [0.2, 0.25) is 10.0 Å². The first kappa shape index (κ1) is 25.5. The Morgan fingerprint density at radius 2 is 1.61 bits per heavy atom. The van der Waals surface area contributed by atoms with Crippen LogP contribution in [0.1, 0.15) is 22.5 Å². The highest BCUT2D eigenvalue weighted by Crippen LogP contribution is 2.37. The number of sulfonamides is 1. The molecule has 4 rings (SSSR count). The van der Waals surface area contributed by atoms with Crippen LogP contribution in [-0.4, -0.2) is 25.4 Å². The molecule has 3 aromatic carbocycles. The second kappa shape index (κ2) is 9.10. The summed E-state index contributed by atoms with van der Waals surface area (Å²) in [4.78, 5) is 7.17. The molecule has 0 amide bonds. The summed E-state index contributed by atoms with van der Waals surface area (Å²) >= 11 is 0. The fraction of sp³-hybridized carbons (Fsp3) is 0.125. The Hall–Kier alpha value is -3.64. The fourth-order valence-corrected chi connectivity index (χ4v) is 4.58. The van der Waals surface area contributed by atoms with Gasteiger partial charge < -0.3 is 4.98 Å². The predicted molar refractivity (Wildman–Crippen MR) is 123 cm³/mol. The number of aromatic amines is 1. The van der Waals surface area contributed by atoms with E-state index in [0.29, 0.717) is 40.4 Å². The van der Waals surface area contributed by atoms with Crippen LogP contribution in [-0.2, 0) is 22.4 Å². The minimum absolute atomic E-state index is 0.0516. The fourth-order valence-electron chi connectivity index (χ4n) is 3.63. The van der Waals surface area contributed by atoms with E-state index in [9.17, 15) is 34.8 Å². The number of benzene rings is 3. The van der Waals surface area contributed by atoms with E-state index in [0.717, 1.165) is 12.2 Å². The number of halogens is 6. The van der Waals surface area contributed by atoms with Gasteiger partial charge in [-0.15, -0.1) is 0 Å². The number of aromatic nitrogens is 2. The number of fused-ring (bicyclic) bond motifs is 1. The van der Waals surface area contributed by atoms with Crippen molar-refractivity contribution >= 4 is 33.2 Å². The molecule has 0 spiro atoms. The molecule has 2 N–H and O–H groups in total. The third kappa shape index (κ3) is 5.14. The van der Waals surface area contributed by atoms with E-state index >= 15 is 0 Å². The molecule has 0 unspecified atom stereocenters. The molecular weight excluding hydrogens is 508 g/mol. The maximum Gasteiger partial charge on any atom is 0.416 e. The predicted octanol–water partition coefficient (Wildman–Crippen LogP) is 6.35. The second-order valence-electron chi connectivity index (χ2n) is 7.69. The van der Waals surface area contributed by atoms with E-state index in [2.05, 4.69) is 14.7 Å². The zero-order chi connectivity index (χ0) is 26.3. The maximum atomic E-state index is 13.3. The summed E-state index contributed by atoms with van der Waals surface area (Å²) in [5.74, 6) is 0.101. The summed E-state index contributed by atoms with van der Waals surface area (Å²) in [5, 5.41) is 0. The Balaban J connectivity index is 1.74. The highest BCUT2D eigenvalue weighted by Gasteiger charge is 2.36. The molecule has 0 fully saturated rings. The molecule has 0 atom stereocenters. The molecule has 0 aliphatic heterocycles. The van der Waals surface area contributed by atoms with E-state index in [1.807, 2.05) is 0 Å². The van der Waals surface area contributed by atoms with Gasteiger partial charge in [0, 0.05) is 5.56 Å². The molecule has 0 aliphatic carbocycles. The maximum absolute atomic E-state index is 13.3. The van der Waals surface area contributed by atoms with E-state index in [4.69, 9.17) is 0 Å². The van der Waals surface area contributed by atoms with Gasteiger partial charge in [-0.25, -0.2) is 18.1 Å². The van der Waals surface area contributed by atoms with Crippen LogP contribution in [0.15, 0.2) is 65.6 Å². The lowest BCUT2D eigenvalue weighted by Gasteiger charge is -2.13. The van der Waals surface area contributed by atoms with Crippen molar-refractivity contribution in [3.63, 3.8) is 0 Å². The number of hydrogen-bond acceptors (Lipinski definition) is 3. The minimum Gasteiger partial charge on any atom is -0.338 e. The van der Waals surface area contributed by atoms with Crippen LogP contribution in [0.25, 0.3) is 34.3 Å². The molecule has 12 heteroatoms. The van der Waals surface area contributed by atoms with Gasteiger partial charge in [-0.2, -0.15) is 26.3 Å². The van der Waals surface area contributed by atoms with Crippen molar-refractivity contribution in [3.05, 3.63) is 83.2 Å². The molecule has 36 heavy (non-hydrogen) atoms. The van der Waals surface area contributed by atoms with Gasteiger partial charge in [-0.3, -0.25) is 0 Å². The molecular formula is C24H17F6N3O2S. The van der Waals surface area contributed by atoms with Crippen molar-refractivity contribution < 1.29 is 34.8 Å². The van der Waals surface area contributed by atoms with Crippen LogP contribution in [0.5, 0.6) is 0 Å². The van der Waals surface area contributed by atoms with Gasteiger partial charge in [0.15, 0.2) is 0 Å². The smallest absolute Gasteiger partial charge is 0.338 e. The molecule has 0 saturated carbocycles. The van der Waals surface area contributed by atoms with Gasteiger partial charge in [0.25, 0.3) is 0 Å². The Kier molecular flexibility index (Phi) is 6.43. The van der Waals surface area contributed by atoms with Crippen LogP contribution in [0.2, 0.25) is 0 Å². The first-order valence-electron chi connectivity index (χ1n) is 10.3. The summed E-state index contributed by atoms with van der Waals surface area (Å²) in [6, 6.07) is 12.4. The summed E-state index contributed by atoms with van der Waals surface area (Å²) in [5.41, 5.74) is -1.26. The van der Waals surface area contributed by atoms with Gasteiger partial charge in [-0.1, -0.05) is 30.3 Å². The number of imidazole rings is 1. The minimum atomic E-state index is -4.85. The molecule has 1 aromatic heterocycles. The SMILES string of the molecule is CNS(=O)(=O)c1ccccc1-c1ccc2nc(C=Cc3cc(C(F)(F)F)ccc3C(F)(F)F)[nH]c2c1. The summed E-state index contributed by atoms with van der Waals surface area (Å²) in [7, 11) is -2.46. The molecule has 0 aliphatic rings. The lowest BCUT2D eigenvalue weighted by atomic mass is 10.0. The van der Waals surface area contributed by atoms with Crippen molar-refractivity contribution in [1.29, 1.82) is 0 Å². The number of rotatable bonds is 5. The van der Waals surface area contributed by atoms with Gasteiger partial charge in [-0.05, 0) is 60.6 Å². The molecule has 0 radical (unpaired) electrons. The standard InChI is InChI=1S/C24H17F6N3O2S/c1-31-36(34,35)21-5-3-2-4-17(21)14-6-10-19-20(13-14)33-22(32-19)11-7-15-12-16(23(25,26)27)8-9-18(15)24(28,29)30/h2-13,31H,1H3,(H,32,33). The number of hydrogen-bond donors (Lipinski definition) is 2. The van der Waals surface area contributed by atoms with Crippen molar-refractivity contribution in [2.45, 2.75) is 17.2 Å². The van der Waals surface area contributed by atoms with E-state index in [1.54, 1.807) is 36.4 Å².